The minimum atomic E-state index is -0.656. The van der Waals surface area contributed by atoms with E-state index in [2.05, 4.69) is 15.4 Å². The Hall–Kier alpha value is -2.64. The van der Waals surface area contributed by atoms with Crippen molar-refractivity contribution in [3.05, 3.63) is 30.0 Å². The van der Waals surface area contributed by atoms with Gasteiger partial charge in [-0.25, -0.2) is 4.98 Å². The van der Waals surface area contributed by atoms with Crippen LogP contribution in [0.2, 0.25) is 0 Å². The van der Waals surface area contributed by atoms with E-state index >= 15 is 0 Å². The summed E-state index contributed by atoms with van der Waals surface area (Å²) in [5, 5.41) is 6.79. The smallest absolute Gasteiger partial charge is 0.271 e. The predicted octanol–water partition coefficient (Wildman–Crippen LogP) is 0.697. The summed E-state index contributed by atoms with van der Waals surface area (Å²) in [6.45, 7) is 2.65. The Morgan fingerprint density at radius 2 is 2.18 bits per heavy atom. The lowest BCUT2D eigenvalue weighted by Crippen LogP contribution is -2.20. The van der Waals surface area contributed by atoms with Crippen LogP contribution in [0.4, 0.5) is 5.82 Å². The number of hydrogen-bond acceptors (Lipinski definition) is 4. The summed E-state index contributed by atoms with van der Waals surface area (Å²) >= 11 is 0. The third-order valence-electron chi connectivity index (χ3n) is 3.32. The zero-order valence-electron chi connectivity index (χ0n) is 12.7. The van der Waals surface area contributed by atoms with Crippen molar-refractivity contribution in [3.63, 3.8) is 0 Å². The fourth-order valence-electron chi connectivity index (χ4n) is 2.19. The van der Waals surface area contributed by atoms with Gasteiger partial charge < -0.3 is 15.6 Å². The van der Waals surface area contributed by atoms with Crippen molar-refractivity contribution in [2.45, 2.75) is 32.7 Å². The molecule has 0 atom stereocenters. The number of aryl methyl sites for hydroxylation is 3. The highest BCUT2D eigenvalue weighted by atomic mass is 16.2. The molecule has 8 heteroatoms. The molecule has 0 aliphatic rings. The first-order chi connectivity index (χ1) is 10.5. The Morgan fingerprint density at radius 1 is 1.41 bits per heavy atom. The standard InChI is InChI=1S/C14H20N6O2/c1-3-8-20-9-16-12(13(15)22)14(20)18-11(21)5-4-10-6-7-17-19(10)2/h6-7,9H,3-5,8H2,1-2H3,(H2,15,22)(H,18,21). The van der Waals surface area contributed by atoms with Crippen molar-refractivity contribution in [1.29, 1.82) is 0 Å². The first-order valence-electron chi connectivity index (χ1n) is 7.14. The van der Waals surface area contributed by atoms with Gasteiger partial charge in [0.1, 0.15) is 5.82 Å². The van der Waals surface area contributed by atoms with E-state index in [1.807, 2.05) is 20.0 Å². The van der Waals surface area contributed by atoms with Crippen LogP contribution in [0.15, 0.2) is 18.6 Å². The van der Waals surface area contributed by atoms with Crippen LogP contribution in [-0.2, 0) is 24.8 Å². The molecule has 0 aliphatic heterocycles. The molecular weight excluding hydrogens is 284 g/mol. The number of primary amides is 1. The summed E-state index contributed by atoms with van der Waals surface area (Å²) in [6, 6.07) is 1.86. The molecule has 0 bridgehead atoms. The van der Waals surface area contributed by atoms with E-state index in [0.717, 1.165) is 12.1 Å². The van der Waals surface area contributed by atoms with Crippen LogP contribution in [-0.4, -0.2) is 31.1 Å². The predicted molar refractivity (Wildman–Crippen MR) is 81.2 cm³/mol. The van der Waals surface area contributed by atoms with Gasteiger partial charge in [0.25, 0.3) is 5.91 Å². The third kappa shape index (κ3) is 3.51. The number of carbonyl (C=O) groups is 2. The van der Waals surface area contributed by atoms with E-state index in [-0.39, 0.29) is 18.0 Å². The highest BCUT2D eigenvalue weighted by Gasteiger charge is 2.17. The summed E-state index contributed by atoms with van der Waals surface area (Å²) in [5.74, 6) is -0.484. The molecule has 2 rings (SSSR count). The maximum atomic E-state index is 12.1. The Labute approximate surface area is 128 Å². The van der Waals surface area contributed by atoms with Gasteiger partial charge in [-0.05, 0) is 18.9 Å². The van der Waals surface area contributed by atoms with Gasteiger partial charge in [0, 0.05) is 31.9 Å². The number of nitrogens with zero attached hydrogens (tertiary/aromatic N) is 4. The van der Waals surface area contributed by atoms with Crippen molar-refractivity contribution in [2.24, 2.45) is 12.8 Å². The van der Waals surface area contributed by atoms with Gasteiger partial charge >= 0.3 is 0 Å². The molecule has 0 saturated heterocycles. The molecule has 0 aromatic carbocycles. The van der Waals surface area contributed by atoms with Crippen molar-refractivity contribution in [1.82, 2.24) is 19.3 Å². The van der Waals surface area contributed by atoms with E-state index < -0.39 is 5.91 Å². The fraction of sp³-hybridized carbons (Fsp3) is 0.429. The van der Waals surface area contributed by atoms with Crippen LogP contribution in [0.1, 0.15) is 35.9 Å². The van der Waals surface area contributed by atoms with Gasteiger partial charge in [0.05, 0.1) is 6.33 Å². The maximum absolute atomic E-state index is 12.1. The molecule has 0 aliphatic carbocycles. The number of aromatic nitrogens is 4. The van der Waals surface area contributed by atoms with E-state index in [4.69, 9.17) is 5.73 Å². The minimum Gasteiger partial charge on any atom is -0.364 e. The van der Waals surface area contributed by atoms with Gasteiger partial charge in [-0.3, -0.25) is 14.3 Å². The van der Waals surface area contributed by atoms with Crippen LogP contribution in [0.5, 0.6) is 0 Å². The molecule has 0 fully saturated rings. The van der Waals surface area contributed by atoms with Crippen LogP contribution in [0.25, 0.3) is 0 Å². The number of nitrogens with one attached hydrogen (secondary N) is 1. The van der Waals surface area contributed by atoms with E-state index in [1.54, 1.807) is 15.4 Å². The summed E-state index contributed by atoms with van der Waals surface area (Å²) in [6.07, 6.45) is 4.91. The van der Waals surface area contributed by atoms with Crippen LogP contribution in [0.3, 0.4) is 0 Å². The third-order valence-corrected chi connectivity index (χ3v) is 3.32. The van der Waals surface area contributed by atoms with Gasteiger partial charge in [0.2, 0.25) is 5.91 Å². The summed E-state index contributed by atoms with van der Waals surface area (Å²) in [5.41, 5.74) is 6.34. The Balaban J connectivity index is 2.05. The molecule has 0 saturated carbocycles. The topological polar surface area (TPSA) is 108 Å². The second-order valence-corrected chi connectivity index (χ2v) is 4.99. The molecule has 22 heavy (non-hydrogen) atoms. The molecule has 2 heterocycles. The number of anilines is 1. The molecule has 118 valence electrons. The quantitative estimate of drug-likeness (QED) is 0.784. The monoisotopic (exact) mass is 304 g/mol. The molecule has 2 aromatic rings. The lowest BCUT2D eigenvalue weighted by Gasteiger charge is -2.10. The number of carbonyl (C=O) groups excluding carboxylic acids is 2. The lowest BCUT2D eigenvalue weighted by atomic mass is 10.2. The Bertz CT molecular complexity index is 673. The largest absolute Gasteiger partial charge is 0.364 e. The fourth-order valence-corrected chi connectivity index (χ4v) is 2.19. The normalized spacial score (nSPS) is 10.6. The van der Waals surface area contributed by atoms with Gasteiger partial charge in [0.15, 0.2) is 5.69 Å². The minimum absolute atomic E-state index is 0.0855. The van der Waals surface area contributed by atoms with E-state index in [0.29, 0.717) is 18.8 Å². The molecule has 0 unspecified atom stereocenters. The van der Waals surface area contributed by atoms with Crippen LogP contribution < -0.4 is 11.1 Å². The Kier molecular flexibility index (Phi) is 4.92. The average Bonchev–Trinajstić information content (AvgIpc) is 3.04. The summed E-state index contributed by atoms with van der Waals surface area (Å²) in [4.78, 5) is 27.5. The first-order valence-corrected chi connectivity index (χ1v) is 7.14. The van der Waals surface area contributed by atoms with Crippen LogP contribution >= 0.6 is 0 Å². The van der Waals surface area contributed by atoms with Crippen molar-refractivity contribution >= 4 is 17.6 Å². The maximum Gasteiger partial charge on any atom is 0.271 e. The van der Waals surface area contributed by atoms with Gasteiger partial charge in [-0.1, -0.05) is 6.92 Å². The lowest BCUT2D eigenvalue weighted by molar-refractivity contribution is -0.116. The van der Waals surface area contributed by atoms with Gasteiger partial charge in [-0.15, -0.1) is 0 Å². The van der Waals surface area contributed by atoms with Crippen molar-refractivity contribution < 1.29 is 9.59 Å². The molecule has 3 N–H and O–H groups in total. The average molecular weight is 304 g/mol. The Morgan fingerprint density at radius 3 is 2.77 bits per heavy atom. The van der Waals surface area contributed by atoms with E-state index in [1.165, 1.54) is 6.33 Å². The van der Waals surface area contributed by atoms with E-state index in [9.17, 15) is 9.59 Å². The highest BCUT2D eigenvalue weighted by Crippen LogP contribution is 2.15. The number of imidazole rings is 1. The SMILES string of the molecule is CCCn1cnc(C(N)=O)c1NC(=O)CCc1ccnn1C. The molecule has 0 spiro atoms. The van der Waals surface area contributed by atoms with Crippen LogP contribution in [0, 0.1) is 0 Å². The zero-order chi connectivity index (χ0) is 16.1. The molecule has 2 aromatic heterocycles. The second-order valence-electron chi connectivity index (χ2n) is 4.99. The number of nitrogens with two attached hydrogens (primary N) is 1. The van der Waals surface area contributed by atoms with Crippen molar-refractivity contribution in [3.8, 4) is 0 Å². The zero-order valence-corrected chi connectivity index (χ0v) is 12.7. The summed E-state index contributed by atoms with van der Waals surface area (Å²) in [7, 11) is 1.83. The molecule has 2 amide bonds. The molecular formula is C14H20N6O2. The number of hydrogen-bond donors (Lipinski definition) is 2. The highest BCUT2D eigenvalue weighted by molar-refractivity contribution is 6.00. The molecule has 0 radical (unpaired) electrons. The summed E-state index contributed by atoms with van der Waals surface area (Å²) < 4.78 is 3.45. The van der Waals surface area contributed by atoms with Crippen molar-refractivity contribution in [2.75, 3.05) is 5.32 Å². The van der Waals surface area contributed by atoms with Gasteiger partial charge in [-0.2, -0.15) is 5.10 Å². The molecule has 8 nitrogen and oxygen atoms in total. The number of rotatable bonds is 7. The second kappa shape index (κ2) is 6.88. The number of amides is 2. The first kappa shape index (κ1) is 15.7.